The van der Waals surface area contributed by atoms with E-state index in [-0.39, 0.29) is 5.78 Å². The fraction of sp³-hybridized carbons (Fsp3) is 0.111. The van der Waals surface area contributed by atoms with Crippen LogP contribution in [0.5, 0.6) is 5.88 Å². The van der Waals surface area contributed by atoms with Gasteiger partial charge in [0.25, 0.3) is 6.47 Å². The summed E-state index contributed by atoms with van der Waals surface area (Å²) in [5, 5.41) is 1.60. The zero-order chi connectivity index (χ0) is 9.26. The minimum Gasteiger partial charge on any atom is -0.412 e. The van der Waals surface area contributed by atoms with Crippen molar-refractivity contribution in [2.75, 3.05) is 0 Å². The number of Topliss-reactive ketones (excluding diaryl/α,β-unsaturated/α-hetero) is 1. The Morgan fingerprint density at radius 3 is 3.15 bits per heavy atom. The highest BCUT2D eigenvalue weighted by Gasteiger charge is 2.04. The van der Waals surface area contributed by atoms with Crippen molar-refractivity contribution in [2.45, 2.75) is 6.42 Å². The monoisotopic (exact) mass is 177 g/mol. The summed E-state index contributed by atoms with van der Waals surface area (Å²) in [7, 11) is 0. The first kappa shape index (κ1) is 7.79. The van der Waals surface area contributed by atoms with Crippen LogP contribution in [-0.2, 0) is 9.59 Å². The first-order valence-electron chi connectivity index (χ1n) is 3.83. The molecule has 1 aliphatic carbocycles. The SMILES string of the molecule is O=COc1cc2c([nH]1)=CCC(=O)C=2. The molecule has 0 saturated heterocycles. The van der Waals surface area contributed by atoms with Crippen molar-refractivity contribution in [3.63, 3.8) is 0 Å². The lowest BCUT2D eigenvalue weighted by Gasteiger charge is -1.91. The number of hydrogen-bond donors (Lipinski definition) is 1. The summed E-state index contributed by atoms with van der Waals surface area (Å²) in [5.41, 5.74) is 0. The smallest absolute Gasteiger partial charge is 0.299 e. The molecule has 13 heavy (non-hydrogen) atoms. The van der Waals surface area contributed by atoms with Crippen LogP contribution in [0.1, 0.15) is 6.42 Å². The van der Waals surface area contributed by atoms with Gasteiger partial charge in [0.05, 0.1) is 0 Å². The van der Waals surface area contributed by atoms with Gasteiger partial charge in [0.2, 0.25) is 5.88 Å². The maximum absolute atomic E-state index is 11.0. The molecule has 1 aromatic heterocycles. The Morgan fingerprint density at radius 2 is 2.38 bits per heavy atom. The first-order valence-corrected chi connectivity index (χ1v) is 3.83. The number of fused-ring (bicyclic) bond motifs is 1. The lowest BCUT2D eigenvalue weighted by atomic mass is 10.1. The van der Waals surface area contributed by atoms with Gasteiger partial charge in [-0.25, -0.2) is 0 Å². The van der Waals surface area contributed by atoms with E-state index in [0.717, 1.165) is 10.6 Å². The summed E-state index contributed by atoms with van der Waals surface area (Å²) in [6.45, 7) is 0.346. The van der Waals surface area contributed by atoms with Crippen LogP contribution < -0.4 is 15.3 Å². The van der Waals surface area contributed by atoms with Crippen molar-refractivity contribution < 1.29 is 14.3 Å². The fourth-order valence-corrected chi connectivity index (χ4v) is 1.30. The second kappa shape index (κ2) is 2.90. The molecule has 0 unspecified atom stereocenters. The molecule has 1 aliphatic rings. The van der Waals surface area contributed by atoms with Crippen LogP contribution >= 0.6 is 0 Å². The molecule has 1 heterocycles. The van der Waals surface area contributed by atoms with Gasteiger partial charge in [-0.3, -0.25) is 9.59 Å². The maximum Gasteiger partial charge on any atom is 0.299 e. The molecule has 1 N–H and O–H groups in total. The predicted molar refractivity (Wildman–Crippen MR) is 45.3 cm³/mol. The molecule has 0 bridgehead atoms. The Labute approximate surface area is 73.5 Å². The molecule has 0 fully saturated rings. The van der Waals surface area contributed by atoms with Gasteiger partial charge in [-0.05, 0) is 6.08 Å². The average Bonchev–Trinajstić information content (AvgIpc) is 2.46. The minimum absolute atomic E-state index is 0.0594. The Balaban J connectivity index is 2.56. The molecule has 2 rings (SSSR count). The summed E-state index contributed by atoms with van der Waals surface area (Å²) in [6.07, 6.45) is 3.70. The molecule has 4 nitrogen and oxygen atoms in total. The van der Waals surface area contributed by atoms with E-state index in [4.69, 9.17) is 0 Å². The van der Waals surface area contributed by atoms with Gasteiger partial charge in [-0.2, -0.15) is 0 Å². The number of ketones is 1. The number of ether oxygens (including phenoxy) is 1. The number of aromatic amines is 1. The molecule has 0 amide bonds. The summed E-state index contributed by atoms with van der Waals surface area (Å²) in [6, 6.07) is 1.62. The standard InChI is InChI=1S/C9H7NO3/c11-5-13-9-4-6-3-7(12)1-2-8(6)10-9/h2-5,10H,1H2. The van der Waals surface area contributed by atoms with Crippen molar-refractivity contribution in [2.24, 2.45) is 0 Å². The summed E-state index contributed by atoms with van der Waals surface area (Å²) in [4.78, 5) is 23.9. The van der Waals surface area contributed by atoms with Crippen LogP contribution in [0.25, 0.3) is 12.2 Å². The molecule has 1 aromatic rings. The third-order valence-electron chi connectivity index (χ3n) is 1.85. The lowest BCUT2D eigenvalue weighted by molar-refractivity contribution is -0.121. The topological polar surface area (TPSA) is 59.2 Å². The highest BCUT2D eigenvalue weighted by molar-refractivity contribution is 6.09. The van der Waals surface area contributed by atoms with Crippen molar-refractivity contribution >= 4 is 24.4 Å². The van der Waals surface area contributed by atoms with Crippen molar-refractivity contribution in [3.8, 4) is 5.88 Å². The summed E-state index contributed by atoms with van der Waals surface area (Å²) >= 11 is 0. The van der Waals surface area contributed by atoms with Crippen molar-refractivity contribution in [1.29, 1.82) is 0 Å². The van der Waals surface area contributed by atoms with Crippen LogP contribution in [0.3, 0.4) is 0 Å². The third kappa shape index (κ3) is 1.38. The first-order chi connectivity index (χ1) is 6.29. The van der Waals surface area contributed by atoms with E-state index in [9.17, 15) is 9.59 Å². The van der Waals surface area contributed by atoms with E-state index in [0.29, 0.717) is 18.8 Å². The Kier molecular flexibility index (Phi) is 1.73. The molecule has 4 heteroatoms. The summed E-state index contributed by atoms with van der Waals surface area (Å²) < 4.78 is 4.61. The van der Waals surface area contributed by atoms with E-state index in [1.807, 2.05) is 0 Å². The number of carbonyl (C=O) groups is 2. The Bertz CT molecular complexity index is 470. The highest BCUT2D eigenvalue weighted by Crippen LogP contribution is 1.98. The Morgan fingerprint density at radius 1 is 1.54 bits per heavy atom. The number of hydrogen-bond acceptors (Lipinski definition) is 3. The molecular formula is C9H7NO3. The molecule has 0 aliphatic heterocycles. The van der Waals surface area contributed by atoms with Crippen molar-refractivity contribution in [3.05, 3.63) is 16.6 Å². The minimum atomic E-state index is 0.0594. The maximum atomic E-state index is 11.0. The largest absolute Gasteiger partial charge is 0.412 e. The second-order valence-corrected chi connectivity index (χ2v) is 2.74. The molecule has 0 radical (unpaired) electrons. The quantitative estimate of drug-likeness (QED) is 0.594. The lowest BCUT2D eigenvalue weighted by Crippen LogP contribution is -2.26. The van der Waals surface area contributed by atoms with Gasteiger partial charge < -0.3 is 9.72 Å². The van der Waals surface area contributed by atoms with Crippen molar-refractivity contribution in [1.82, 2.24) is 4.98 Å². The van der Waals surface area contributed by atoms with Crippen LogP contribution in [0.2, 0.25) is 0 Å². The predicted octanol–water partition coefficient (Wildman–Crippen LogP) is -0.916. The van der Waals surface area contributed by atoms with Crippen LogP contribution in [0.15, 0.2) is 6.07 Å². The number of rotatable bonds is 2. The zero-order valence-electron chi connectivity index (χ0n) is 6.74. The summed E-state index contributed by atoms with van der Waals surface area (Å²) in [5.74, 6) is 0.423. The molecule has 0 aromatic carbocycles. The Hall–Kier alpha value is -1.84. The van der Waals surface area contributed by atoms with Crippen LogP contribution in [-0.4, -0.2) is 17.2 Å². The second-order valence-electron chi connectivity index (χ2n) is 2.74. The van der Waals surface area contributed by atoms with E-state index in [1.54, 1.807) is 12.1 Å². The molecule has 0 spiro atoms. The van der Waals surface area contributed by atoms with E-state index < -0.39 is 0 Å². The van der Waals surface area contributed by atoms with Crippen LogP contribution in [0, 0.1) is 0 Å². The third-order valence-corrected chi connectivity index (χ3v) is 1.85. The molecular weight excluding hydrogens is 170 g/mol. The van der Waals surface area contributed by atoms with E-state index in [1.165, 1.54) is 6.08 Å². The van der Waals surface area contributed by atoms with Gasteiger partial charge in [-0.15, -0.1) is 0 Å². The fourth-order valence-electron chi connectivity index (χ4n) is 1.30. The molecule has 66 valence electrons. The van der Waals surface area contributed by atoms with Gasteiger partial charge in [0.1, 0.15) is 0 Å². The zero-order valence-corrected chi connectivity index (χ0v) is 6.74. The number of carbonyl (C=O) groups excluding carboxylic acids is 2. The van der Waals surface area contributed by atoms with Gasteiger partial charge in [-0.1, -0.05) is 6.08 Å². The number of nitrogens with one attached hydrogen (secondary N) is 1. The number of aromatic nitrogens is 1. The van der Waals surface area contributed by atoms with Gasteiger partial charge in [0, 0.05) is 23.1 Å². The van der Waals surface area contributed by atoms with E-state index in [2.05, 4.69) is 9.72 Å². The van der Waals surface area contributed by atoms with E-state index >= 15 is 0 Å². The normalized spacial score (nSPS) is 14.0. The van der Waals surface area contributed by atoms with Crippen LogP contribution in [0.4, 0.5) is 0 Å². The molecule has 0 saturated carbocycles. The highest BCUT2D eigenvalue weighted by atomic mass is 16.5. The number of H-pyrrole nitrogens is 1. The average molecular weight is 177 g/mol. The van der Waals surface area contributed by atoms with Gasteiger partial charge >= 0.3 is 0 Å². The molecule has 0 atom stereocenters. The van der Waals surface area contributed by atoms with Gasteiger partial charge in [0.15, 0.2) is 5.78 Å².